The average molecular weight is 312 g/mol. The molecule has 0 saturated heterocycles. The Hall–Kier alpha value is -1.20. The number of nitrogens with zero attached hydrogens (tertiary/aromatic N) is 1. The SMILES string of the molecule is COC(=O)c1nc(-c2cc(Br)ccc2C)cs1. The maximum atomic E-state index is 11.3. The first-order valence-electron chi connectivity index (χ1n) is 4.92. The summed E-state index contributed by atoms with van der Waals surface area (Å²) in [6.45, 7) is 2.01. The lowest BCUT2D eigenvalue weighted by atomic mass is 10.1. The molecule has 5 heteroatoms. The van der Waals surface area contributed by atoms with Gasteiger partial charge in [0, 0.05) is 15.4 Å². The van der Waals surface area contributed by atoms with Gasteiger partial charge < -0.3 is 4.74 Å². The normalized spacial score (nSPS) is 10.3. The van der Waals surface area contributed by atoms with Gasteiger partial charge in [0.15, 0.2) is 0 Å². The van der Waals surface area contributed by atoms with E-state index in [2.05, 4.69) is 25.7 Å². The molecule has 0 unspecified atom stereocenters. The maximum absolute atomic E-state index is 11.3. The summed E-state index contributed by atoms with van der Waals surface area (Å²) >= 11 is 4.72. The quantitative estimate of drug-likeness (QED) is 0.794. The van der Waals surface area contributed by atoms with Crippen molar-refractivity contribution in [1.29, 1.82) is 0 Å². The van der Waals surface area contributed by atoms with Crippen LogP contribution < -0.4 is 0 Å². The molecule has 0 fully saturated rings. The Morgan fingerprint density at radius 3 is 2.94 bits per heavy atom. The number of ether oxygens (including phenoxy) is 1. The number of methoxy groups -OCH3 is 1. The third kappa shape index (κ3) is 2.56. The van der Waals surface area contributed by atoms with E-state index in [9.17, 15) is 4.79 Å². The molecular formula is C12H10BrNO2S. The summed E-state index contributed by atoms with van der Waals surface area (Å²) in [6, 6.07) is 5.98. The second kappa shape index (κ2) is 4.98. The lowest BCUT2D eigenvalue weighted by Gasteiger charge is -2.02. The van der Waals surface area contributed by atoms with E-state index in [-0.39, 0.29) is 0 Å². The van der Waals surface area contributed by atoms with Crippen LogP contribution in [0.15, 0.2) is 28.1 Å². The van der Waals surface area contributed by atoms with E-state index in [4.69, 9.17) is 0 Å². The first-order valence-corrected chi connectivity index (χ1v) is 6.59. The topological polar surface area (TPSA) is 39.2 Å². The Morgan fingerprint density at radius 2 is 2.24 bits per heavy atom. The fourth-order valence-corrected chi connectivity index (χ4v) is 2.54. The number of rotatable bonds is 2. The summed E-state index contributed by atoms with van der Waals surface area (Å²) in [4.78, 5) is 15.6. The number of hydrogen-bond donors (Lipinski definition) is 0. The highest BCUT2D eigenvalue weighted by Crippen LogP contribution is 2.28. The lowest BCUT2D eigenvalue weighted by Crippen LogP contribution is -1.99. The Morgan fingerprint density at radius 1 is 1.47 bits per heavy atom. The lowest BCUT2D eigenvalue weighted by molar-refractivity contribution is 0.0600. The molecule has 0 atom stereocenters. The van der Waals surface area contributed by atoms with E-state index in [1.807, 2.05) is 30.5 Å². The van der Waals surface area contributed by atoms with Gasteiger partial charge in [0.25, 0.3) is 0 Å². The zero-order valence-electron chi connectivity index (χ0n) is 9.36. The van der Waals surface area contributed by atoms with E-state index in [1.165, 1.54) is 18.4 Å². The van der Waals surface area contributed by atoms with Crippen molar-refractivity contribution >= 4 is 33.2 Å². The van der Waals surface area contributed by atoms with Gasteiger partial charge in [-0.3, -0.25) is 0 Å². The van der Waals surface area contributed by atoms with Gasteiger partial charge in [0.1, 0.15) is 0 Å². The number of esters is 1. The number of benzene rings is 1. The van der Waals surface area contributed by atoms with Gasteiger partial charge in [-0.05, 0) is 24.6 Å². The molecule has 0 aliphatic heterocycles. The van der Waals surface area contributed by atoms with Crippen molar-refractivity contribution in [3.63, 3.8) is 0 Å². The first kappa shape index (κ1) is 12.3. The van der Waals surface area contributed by atoms with E-state index in [0.29, 0.717) is 5.01 Å². The minimum atomic E-state index is -0.395. The van der Waals surface area contributed by atoms with Crippen LogP contribution in [0.4, 0.5) is 0 Å². The highest BCUT2D eigenvalue weighted by Gasteiger charge is 2.13. The Kier molecular flexibility index (Phi) is 3.59. The van der Waals surface area contributed by atoms with Crippen LogP contribution >= 0.6 is 27.3 Å². The monoisotopic (exact) mass is 311 g/mol. The molecule has 0 N–H and O–H groups in total. The van der Waals surface area contributed by atoms with Crippen LogP contribution in [0.3, 0.4) is 0 Å². The van der Waals surface area contributed by atoms with Gasteiger partial charge in [-0.15, -0.1) is 11.3 Å². The van der Waals surface area contributed by atoms with Crippen LogP contribution in [0, 0.1) is 6.92 Å². The Labute approximate surface area is 112 Å². The van der Waals surface area contributed by atoms with Crippen LogP contribution in [0.25, 0.3) is 11.3 Å². The molecule has 0 spiro atoms. The molecule has 0 bridgehead atoms. The van der Waals surface area contributed by atoms with Gasteiger partial charge in [0.05, 0.1) is 12.8 Å². The van der Waals surface area contributed by atoms with E-state index in [1.54, 1.807) is 0 Å². The van der Waals surface area contributed by atoms with Crippen molar-refractivity contribution in [3.05, 3.63) is 38.6 Å². The summed E-state index contributed by atoms with van der Waals surface area (Å²) < 4.78 is 5.63. The van der Waals surface area contributed by atoms with Gasteiger partial charge in [-0.1, -0.05) is 22.0 Å². The third-order valence-corrected chi connectivity index (χ3v) is 3.66. The molecule has 0 amide bonds. The molecule has 1 heterocycles. The molecule has 1 aromatic carbocycles. The van der Waals surface area contributed by atoms with E-state index >= 15 is 0 Å². The number of carbonyl (C=O) groups is 1. The number of halogens is 1. The average Bonchev–Trinajstić information content (AvgIpc) is 2.80. The Bertz CT molecular complexity index is 565. The molecule has 88 valence electrons. The summed E-state index contributed by atoms with van der Waals surface area (Å²) in [5.41, 5.74) is 2.94. The Balaban J connectivity index is 2.43. The van der Waals surface area contributed by atoms with Crippen molar-refractivity contribution < 1.29 is 9.53 Å². The number of thiazole rings is 1. The molecular weight excluding hydrogens is 302 g/mol. The van der Waals surface area contributed by atoms with Crippen molar-refractivity contribution in [2.75, 3.05) is 7.11 Å². The second-order valence-electron chi connectivity index (χ2n) is 3.49. The molecule has 2 rings (SSSR count). The largest absolute Gasteiger partial charge is 0.464 e. The van der Waals surface area contributed by atoms with Gasteiger partial charge in [0.2, 0.25) is 5.01 Å². The van der Waals surface area contributed by atoms with Crippen molar-refractivity contribution in [1.82, 2.24) is 4.98 Å². The number of carbonyl (C=O) groups excluding carboxylic acids is 1. The number of hydrogen-bond acceptors (Lipinski definition) is 4. The van der Waals surface area contributed by atoms with Gasteiger partial charge in [-0.25, -0.2) is 9.78 Å². The second-order valence-corrected chi connectivity index (χ2v) is 5.26. The fraction of sp³-hybridized carbons (Fsp3) is 0.167. The van der Waals surface area contributed by atoms with Gasteiger partial charge in [-0.2, -0.15) is 0 Å². The number of aryl methyl sites for hydroxylation is 1. The van der Waals surface area contributed by atoms with Crippen LogP contribution in [0.2, 0.25) is 0 Å². The van der Waals surface area contributed by atoms with Crippen LogP contribution in [0.1, 0.15) is 15.4 Å². The molecule has 2 aromatic rings. The summed E-state index contributed by atoms with van der Waals surface area (Å²) in [5, 5.41) is 2.24. The number of aromatic nitrogens is 1. The predicted molar refractivity (Wildman–Crippen MR) is 71.3 cm³/mol. The smallest absolute Gasteiger partial charge is 0.367 e. The van der Waals surface area contributed by atoms with E-state index < -0.39 is 5.97 Å². The third-order valence-electron chi connectivity index (χ3n) is 2.34. The van der Waals surface area contributed by atoms with E-state index in [0.717, 1.165) is 21.3 Å². The molecule has 0 saturated carbocycles. The van der Waals surface area contributed by atoms with Crippen molar-refractivity contribution in [2.45, 2.75) is 6.92 Å². The molecule has 0 aliphatic carbocycles. The maximum Gasteiger partial charge on any atom is 0.367 e. The molecule has 1 aromatic heterocycles. The fourth-order valence-electron chi connectivity index (χ4n) is 1.45. The summed E-state index contributed by atoms with van der Waals surface area (Å²) in [5.74, 6) is -0.395. The highest BCUT2D eigenvalue weighted by atomic mass is 79.9. The zero-order valence-corrected chi connectivity index (χ0v) is 11.8. The predicted octanol–water partition coefficient (Wildman–Crippen LogP) is 3.67. The van der Waals surface area contributed by atoms with Crippen LogP contribution in [-0.2, 0) is 4.74 Å². The van der Waals surface area contributed by atoms with Crippen molar-refractivity contribution in [2.24, 2.45) is 0 Å². The minimum absolute atomic E-state index is 0.377. The highest BCUT2D eigenvalue weighted by molar-refractivity contribution is 9.10. The van der Waals surface area contributed by atoms with Gasteiger partial charge >= 0.3 is 5.97 Å². The van der Waals surface area contributed by atoms with Crippen molar-refractivity contribution in [3.8, 4) is 11.3 Å². The van der Waals surface area contributed by atoms with Crippen LogP contribution in [0.5, 0.6) is 0 Å². The summed E-state index contributed by atoms with van der Waals surface area (Å²) in [7, 11) is 1.35. The first-order chi connectivity index (χ1) is 8.11. The molecule has 0 aliphatic rings. The zero-order chi connectivity index (χ0) is 12.4. The summed E-state index contributed by atoms with van der Waals surface area (Å²) in [6.07, 6.45) is 0. The standard InChI is InChI=1S/C12H10BrNO2S/c1-7-3-4-8(13)5-9(7)10-6-17-11(14-10)12(15)16-2/h3-6H,1-2H3. The molecule has 3 nitrogen and oxygen atoms in total. The van der Waals surface area contributed by atoms with Crippen LogP contribution in [-0.4, -0.2) is 18.1 Å². The molecule has 0 radical (unpaired) electrons. The molecule has 17 heavy (non-hydrogen) atoms. The minimum Gasteiger partial charge on any atom is -0.464 e.